The average molecular weight is 476 g/mol. The second-order valence-electron chi connectivity index (χ2n) is 9.34. The topological polar surface area (TPSA) is 45.6 Å². The molecule has 1 aromatic heterocycles. The molecule has 3 aromatic rings. The molecule has 0 spiro atoms. The predicted octanol–water partition coefficient (Wildman–Crippen LogP) is 5.76. The summed E-state index contributed by atoms with van der Waals surface area (Å²) < 4.78 is 15.7. The van der Waals surface area contributed by atoms with Crippen molar-refractivity contribution in [2.75, 3.05) is 26.2 Å². The molecule has 1 aliphatic rings. The number of rotatable bonds is 7. The van der Waals surface area contributed by atoms with Crippen LogP contribution < -0.4 is 0 Å². The summed E-state index contributed by atoms with van der Waals surface area (Å²) >= 11 is 0. The lowest BCUT2D eigenvalue weighted by Crippen LogP contribution is -2.50. The number of nitrogens with zero attached hydrogens (tertiary/aromatic N) is 3. The van der Waals surface area contributed by atoms with E-state index < -0.39 is 0 Å². The molecule has 2 amide bonds. The van der Waals surface area contributed by atoms with Crippen molar-refractivity contribution in [2.24, 2.45) is 0 Å². The first kappa shape index (κ1) is 24.7. The van der Waals surface area contributed by atoms with Crippen molar-refractivity contribution in [3.8, 4) is 16.9 Å². The van der Waals surface area contributed by atoms with Gasteiger partial charge >= 0.3 is 0 Å². The molecule has 2 aromatic carbocycles. The molecule has 2 heterocycles. The maximum Gasteiger partial charge on any atom is 0.255 e. The van der Waals surface area contributed by atoms with E-state index in [4.69, 9.17) is 0 Å². The van der Waals surface area contributed by atoms with Crippen LogP contribution in [0, 0.1) is 19.7 Å². The molecule has 35 heavy (non-hydrogen) atoms. The second-order valence-corrected chi connectivity index (χ2v) is 9.34. The van der Waals surface area contributed by atoms with Crippen LogP contribution in [-0.2, 0) is 4.79 Å². The Morgan fingerprint density at radius 2 is 1.49 bits per heavy atom. The normalized spacial score (nSPS) is 13.8. The Hall–Kier alpha value is -3.41. The van der Waals surface area contributed by atoms with Crippen molar-refractivity contribution >= 4 is 11.8 Å². The van der Waals surface area contributed by atoms with E-state index in [-0.39, 0.29) is 17.6 Å². The van der Waals surface area contributed by atoms with E-state index in [2.05, 4.69) is 11.5 Å². The van der Waals surface area contributed by atoms with Gasteiger partial charge in [-0.05, 0) is 68.3 Å². The maximum atomic E-state index is 13.6. The lowest BCUT2D eigenvalue weighted by molar-refractivity contribution is -0.132. The van der Waals surface area contributed by atoms with Gasteiger partial charge in [0.2, 0.25) is 5.91 Å². The van der Waals surface area contributed by atoms with Gasteiger partial charge in [-0.25, -0.2) is 4.39 Å². The van der Waals surface area contributed by atoms with E-state index >= 15 is 0 Å². The number of carbonyl (C=O) groups is 2. The number of aromatic nitrogens is 1. The molecule has 0 aliphatic carbocycles. The molecule has 5 nitrogen and oxygen atoms in total. The Bertz CT molecular complexity index is 1170. The Labute approximate surface area is 207 Å². The van der Waals surface area contributed by atoms with Gasteiger partial charge in [-0.3, -0.25) is 9.59 Å². The maximum absolute atomic E-state index is 13.6. The van der Waals surface area contributed by atoms with Crippen LogP contribution in [0.25, 0.3) is 16.9 Å². The van der Waals surface area contributed by atoms with Crippen LogP contribution in [0.5, 0.6) is 0 Å². The summed E-state index contributed by atoms with van der Waals surface area (Å²) in [6, 6.07) is 16.4. The summed E-state index contributed by atoms with van der Waals surface area (Å²) in [7, 11) is 0. The minimum absolute atomic E-state index is 0.0326. The Balaban J connectivity index is 1.59. The van der Waals surface area contributed by atoms with Gasteiger partial charge in [0, 0.05) is 44.0 Å². The zero-order valence-corrected chi connectivity index (χ0v) is 20.9. The number of halogens is 1. The fourth-order valence-corrected chi connectivity index (χ4v) is 4.70. The van der Waals surface area contributed by atoms with E-state index in [0.717, 1.165) is 47.5 Å². The molecule has 0 saturated carbocycles. The van der Waals surface area contributed by atoms with Crippen molar-refractivity contribution in [3.63, 3.8) is 0 Å². The number of aryl methyl sites for hydroxylation is 1. The van der Waals surface area contributed by atoms with Crippen LogP contribution in [0.15, 0.2) is 54.6 Å². The van der Waals surface area contributed by atoms with Crippen LogP contribution in [0.2, 0.25) is 0 Å². The highest BCUT2D eigenvalue weighted by atomic mass is 19.1. The number of unbranched alkanes of at least 4 members (excludes halogenated alkanes) is 2. The monoisotopic (exact) mass is 475 g/mol. The molecule has 0 atom stereocenters. The van der Waals surface area contributed by atoms with Gasteiger partial charge in [-0.15, -0.1) is 0 Å². The van der Waals surface area contributed by atoms with E-state index in [1.807, 2.05) is 54.0 Å². The second kappa shape index (κ2) is 10.9. The van der Waals surface area contributed by atoms with Gasteiger partial charge in [-0.1, -0.05) is 37.5 Å². The quantitative estimate of drug-likeness (QED) is 0.408. The third-order valence-electron chi connectivity index (χ3n) is 6.82. The summed E-state index contributed by atoms with van der Waals surface area (Å²) in [5.41, 5.74) is 5.27. The first-order valence-corrected chi connectivity index (χ1v) is 12.5. The van der Waals surface area contributed by atoms with Crippen LogP contribution in [0.3, 0.4) is 0 Å². The largest absolute Gasteiger partial charge is 0.339 e. The molecule has 0 radical (unpaired) electrons. The smallest absolute Gasteiger partial charge is 0.255 e. The first-order valence-electron chi connectivity index (χ1n) is 12.5. The molecule has 0 N–H and O–H groups in total. The van der Waals surface area contributed by atoms with Crippen molar-refractivity contribution < 1.29 is 14.0 Å². The minimum Gasteiger partial charge on any atom is -0.339 e. The summed E-state index contributed by atoms with van der Waals surface area (Å²) in [6.07, 6.45) is 3.67. The summed E-state index contributed by atoms with van der Waals surface area (Å²) in [5, 5.41) is 0. The van der Waals surface area contributed by atoms with E-state index in [0.29, 0.717) is 38.2 Å². The van der Waals surface area contributed by atoms with Crippen molar-refractivity contribution in [1.82, 2.24) is 14.4 Å². The van der Waals surface area contributed by atoms with E-state index in [1.165, 1.54) is 12.1 Å². The third-order valence-corrected chi connectivity index (χ3v) is 6.82. The molecule has 6 heteroatoms. The van der Waals surface area contributed by atoms with Gasteiger partial charge in [-0.2, -0.15) is 0 Å². The minimum atomic E-state index is -0.294. The van der Waals surface area contributed by atoms with Gasteiger partial charge in [0.1, 0.15) is 5.82 Å². The number of carbonyl (C=O) groups excluding carboxylic acids is 2. The highest BCUT2D eigenvalue weighted by molar-refractivity contribution is 5.97. The van der Waals surface area contributed by atoms with Gasteiger partial charge in [0.15, 0.2) is 0 Å². The number of hydrogen-bond acceptors (Lipinski definition) is 2. The Kier molecular flexibility index (Phi) is 7.69. The van der Waals surface area contributed by atoms with E-state index in [1.54, 1.807) is 12.1 Å². The zero-order valence-electron chi connectivity index (χ0n) is 20.9. The predicted molar refractivity (Wildman–Crippen MR) is 137 cm³/mol. The van der Waals surface area contributed by atoms with Crippen molar-refractivity contribution in [1.29, 1.82) is 0 Å². The number of amides is 2. The van der Waals surface area contributed by atoms with Crippen LogP contribution >= 0.6 is 0 Å². The SMILES string of the molecule is CCCCCC(=O)N1CCN(C(=O)c2cc(-c3ccc(F)cc3)n(-c3ccc(C)cc3)c2C)CC1. The number of piperazine rings is 1. The number of benzene rings is 2. The molecule has 0 unspecified atom stereocenters. The first-order chi connectivity index (χ1) is 16.9. The molecule has 1 fully saturated rings. The van der Waals surface area contributed by atoms with Crippen molar-refractivity contribution in [2.45, 2.75) is 46.5 Å². The van der Waals surface area contributed by atoms with E-state index in [9.17, 15) is 14.0 Å². The van der Waals surface area contributed by atoms with Gasteiger partial charge < -0.3 is 14.4 Å². The van der Waals surface area contributed by atoms with Gasteiger partial charge in [0.05, 0.1) is 11.3 Å². The molecule has 1 saturated heterocycles. The highest BCUT2D eigenvalue weighted by Gasteiger charge is 2.28. The lowest BCUT2D eigenvalue weighted by Gasteiger charge is -2.35. The molecule has 1 aliphatic heterocycles. The zero-order chi connectivity index (χ0) is 24.9. The van der Waals surface area contributed by atoms with Crippen LogP contribution in [0.1, 0.15) is 54.2 Å². The molecular formula is C29H34FN3O2. The average Bonchev–Trinajstić information content (AvgIpc) is 3.21. The number of hydrogen-bond donors (Lipinski definition) is 0. The Morgan fingerprint density at radius 3 is 2.11 bits per heavy atom. The summed E-state index contributed by atoms with van der Waals surface area (Å²) in [6.45, 7) is 8.31. The summed E-state index contributed by atoms with van der Waals surface area (Å²) in [4.78, 5) is 29.8. The fraction of sp³-hybridized carbons (Fsp3) is 0.379. The third kappa shape index (κ3) is 5.47. The van der Waals surface area contributed by atoms with Gasteiger partial charge in [0.25, 0.3) is 5.91 Å². The van der Waals surface area contributed by atoms with Crippen LogP contribution in [0.4, 0.5) is 4.39 Å². The molecular weight excluding hydrogens is 441 g/mol. The molecule has 0 bridgehead atoms. The highest BCUT2D eigenvalue weighted by Crippen LogP contribution is 2.31. The molecule has 184 valence electrons. The van der Waals surface area contributed by atoms with Crippen LogP contribution in [-0.4, -0.2) is 52.4 Å². The van der Waals surface area contributed by atoms with Crippen molar-refractivity contribution in [3.05, 3.63) is 77.2 Å². The summed E-state index contributed by atoms with van der Waals surface area (Å²) in [5.74, 6) is -0.141. The molecule has 4 rings (SSSR count). The standard InChI is InChI=1S/C29H34FN3O2/c1-4-5-6-7-28(34)31-16-18-32(19-17-31)29(35)26-20-27(23-10-12-24(30)13-11-23)33(22(26)3)25-14-8-21(2)9-15-25/h8-15,20H,4-7,16-19H2,1-3H3. The lowest BCUT2D eigenvalue weighted by atomic mass is 10.1. The fourth-order valence-electron chi connectivity index (χ4n) is 4.70. The Morgan fingerprint density at radius 1 is 0.857 bits per heavy atom.